The molecule has 0 radical (unpaired) electrons. The van der Waals surface area contributed by atoms with E-state index in [-0.39, 0.29) is 24.4 Å². The van der Waals surface area contributed by atoms with E-state index in [9.17, 15) is 14.4 Å². The van der Waals surface area contributed by atoms with Gasteiger partial charge in [-0.2, -0.15) is 0 Å². The van der Waals surface area contributed by atoms with E-state index >= 15 is 0 Å². The van der Waals surface area contributed by atoms with E-state index in [1.807, 2.05) is 0 Å². The average Bonchev–Trinajstić information content (AvgIpc) is 2.74. The lowest BCUT2D eigenvalue weighted by Gasteiger charge is -2.38. The molecule has 7 heteroatoms. The smallest absolute Gasteiger partial charge is 0.308 e. The van der Waals surface area contributed by atoms with Crippen molar-refractivity contribution in [3.05, 3.63) is 0 Å². The number of aliphatic carboxylic acids is 1. The Morgan fingerprint density at radius 1 is 1.47 bits per heavy atom. The first-order valence-electron chi connectivity index (χ1n) is 6.38. The van der Waals surface area contributed by atoms with Gasteiger partial charge in [-0.3, -0.25) is 14.4 Å². The zero-order chi connectivity index (χ0) is 14.0. The Bertz CT molecular complexity index is 401. The normalized spacial score (nSPS) is 27.7. The molecule has 1 N–H and O–H groups in total. The fourth-order valence-corrected chi connectivity index (χ4v) is 3.52. The van der Waals surface area contributed by atoms with Crippen LogP contribution in [0.1, 0.15) is 19.8 Å². The number of nitrogens with zero attached hydrogens (tertiary/aromatic N) is 2. The van der Waals surface area contributed by atoms with Gasteiger partial charge in [-0.15, -0.1) is 11.8 Å². The van der Waals surface area contributed by atoms with Crippen molar-refractivity contribution in [1.29, 1.82) is 0 Å². The lowest BCUT2D eigenvalue weighted by atomic mass is 9.90. The van der Waals surface area contributed by atoms with Crippen LogP contribution in [0.5, 0.6) is 0 Å². The van der Waals surface area contributed by atoms with Gasteiger partial charge in [0.1, 0.15) is 6.54 Å². The second-order valence-electron chi connectivity index (χ2n) is 4.98. The highest BCUT2D eigenvalue weighted by molar-refractivity contribution is 8.00. The molecule has 2 aliphatic heterocycles. The van der Waals surface area contributed by atoms with Gasteiger partial charge in [0.25, 0.3) is 0 Å². The second kappa shape index (κ2) is 5.81. The number of amides is 2. The Balaban J connectivity index is 1.98. The summed E-state index contributed by atoms with van der Waals surface area (Å²) in [6.45, 7) is 2.43. The van der Waals surface area contributed by atoms with Gasteiger partial charge in [-0.05, 0) is 19.8 Å². The van der Waals surface area contributed by atoms with Gasteiger partial charge in [-0.1, -0.05) is 0 Å². The third-order valence-electron chi connectivity index (χ3n) is 3.78. The molecule has 2 rings (SSSR count). The molecule has 2 aliphatic rings. The fourth-order valence-electron chi connectivity index (χ4n) is 2.62. The van der Waals surface area contributed by atoms with Crippen LogP contribution < -0.4 is 0 Å². The maximum atomic E-state index is 12.2. The number of hydrogen-bond donors (Lipinski definition) is 1. The van der Waals surface area contributed by atoms with Crippen LogP contribution in [0.4, 0.5) is 0 Å². The quantitative estimate of drug-likeness (QED) is 0.803. The molecule has 0 aromatic carbocycles. The summed E-state index contributed by atoms with van der Waals surface area (Å²) >= 11 is 1.50. The molecule has 0 saturated carbocycles. The molecule has 106 valence electrons. The largest absolute Gasteiger partial charge is 0.481 e. The Morgan fingerprint density at radius 2 is 2.21 bits per heavy atom. The molecule has 2 atom stereocenters. The minimum Gasteiger partial charge on any atom is -0.481 e. The van der Waals surface area contributed by atoms with Crippen LogP contribution in [0.2, 0.25) is 0 Å². The second-order valence-corrected chi connectivity index (χ2v) is 5.94. The van der Waals surface area contributed by atoms with Crippen LogP contribution in [0, 0.1) is 5.92 Å². The van der Waals surface area contributed by atoms with Crippen molar-refractivity contribution < 1.29 is 19.5 Å². The van der Waals surface area contributed by atoms with Crippen LogP contribution in [0.25, 0.3) is 0 Å². The number of hydrogen-bond acceptors (Lipinski definition) is 4. The summed E-state index contributed by atoms with van der Waals surface area (Å²) in [6.07, 6.45) is 1.31. The van der Waals surface area contributed by atoms with Crippen LogP contribution in [-0.2, 0) is 14.4 Å². The Morgan fingerprint density at radius 3 is 2.79 bits per heavy atom. The van der Waals surface area contributed by atoms with E-state index in [4.69, 9.17) is 5.11 Å². The fraction of sp³-hybridized carbons (Fsp3) is 0.750. The lowest BCUT2D eigenvalue weighted by molar-refractivity contribution is -0.150. The Labute approximate surface area is 116 Å². The molecule has 2 saturated heterocycles. The molecule has 2 heterocycles. The summed E-state index contributed by atoms with van der Waals surface area (Å²) in [6, 6.07) is -0.302. The number of carboxylic acids is 1. The molecule has 0 unspecified atom stereocenters. The number of carbonyl (C=O) groups is 3. The van der Waals surface area contributed by atoms with Crippen molar-refractivity contribution >= 4 is 29.5 Å². The maximum Gasteiger partial charge on any atom is 0.308 e. The molecular formula is C12H18N2O4S. The minimum absolute atomic E-state index is 0.0159. The highest BCUT2D eigenvalue weighted by Crippen LogP contribution is 2.24. The molecule has 2 fully saturated rings. The molecule has 19 heavy (non-hydrogen) atoms. The van der Waals surface area contributed by atoms with Crippen molar-refractivity contribution in [2.45, 2.75) is 25.8 Å². The monoisotopic (exact) mass is 286 g/mol. The van der Waals surface area contributed by atoms with Crippen molar-refractivity contribution in [2.75, 3.05) is 24.7 Å². The highest BCUT2D eigenvalue weighted by atomic mass is 32.2. The van der Waals surface area contributed by atoms with Gasteiger partial charge in [0.15, 0.2) is 0 Å². The SMILES string of the molecule is C[C@@H]1[C@H](C(=O)O)CCCN1C(=O)CN1CSCC1=O. The first-order chi connectivity index (χ1) is 9.00. The summed E-state index contributed by atoms with van der Waals surface area (Å²) in [5.41, 5.74) is 0. The van der Waals surface area contributed by atoms with E-state index < -0.39 is 11.9 Å². The first kappa shape index (κ1) is 14.2. The third kappa shape index (κ3) is 3.02. The summed E-state index contributed by atoms with van der Waals surface area (Å²) in [7, 11) is 0. The predicted molar refractivity (Wildman–Crippen MR) is 70.6 cm³/mol. The van der Waals surface area contributed by atoms with Crippen molar-refractivity contribution in [2.24, 2.45) is 5.92 Å². The van der Waals surface area contributed by atoms with E-state index in [0.29, 0.717) is 31.0 Å². The number of rotatable bonds is 3. The standard InChI is InChI=1S/C12H18N2O4S/c1-8-9(12(17)18)3-2-4-14(8)10(15)5-13-7-19-6-11(13)16/h8-9H,2-7H2,1H3,(H,17,18)/t8-,9-/m1/s1. The molecular weight excluding hydrogens is 268 g/mol. The molecule has 0 aromatic rings. The van der Waals surface area contributed by atoms with Crippen molar-refractivity contribution in [3.8, 4) is 0 Å². The summed E-state index contributed by atoms with van der Waals surface area (Å²) in [4.78, 5) is 38.0. The van der Waals surface area contributed by atoms with Gasteiger partial charge in [-0.25, -0.2) is 0 Å². The molecule has 2 amide bonds. The van der Waals surface area contributed by atoms with Crippen LogP contribution in [0.15, 0.2) is 0 Å². The van der Waals surface area contributed by atoms with Crippen LogP contribution >= 0.6 is 11.8 Å². The number of piperidine rings is 1. The zero-order valence-corrected chi connectivity index (χ0v) is 11.7. The van der Waals surface area contributed by atoms with E-state index in [0.717, 1.165) is 0 Å². The topological polar surface area (TPSA) is 77.9 Å². The van der Waals surface area contributed by atoms with E-state index in [1.54, 1.807) is 11.8 Å². The molecule has 0 bridgehead atoms. The maximum absolute atomic E-state index is 12.2. The molecule has 0 aliphatic carbocycles. The first-order valence-corrected chi connectivity index (χ1v) is 7.54. The van der Waals surface area contributed by atoms with Crippen LogP contribution in [0.3, 0.4) is 0 Å². The Kier molecular flexibility index (Phi) is 4.34. The van der Waals surface area contributed by atoms with Gasteiger partial charge in [0.2, 0.25) is 11.8 Å². The number of likely N-dealkylation sites (tertiary alicyclic amines) is 1. The van der Waals surface area contributed by atoms with E-state index in [1.165, 1.54) is 16.7 Å². The molecule has 6 nitrogen and oxygen atoms in total. The van der Waals surface area contributed by atoms with Gasteiger partial charge < -0.3 is 14.9 Å². The predicted octanol–water partition coefficient (Wildman–Crippen LogP) is 0.231. The van der Waals surface area contributed by atoms with Crippen LogP contribution in [-0.4, -0.2) is 63.5 Å². The number of carbonyl (C=O) groups excluding carboxylic acids is 2. The van der Waals surface area contributed by atoms with Crippen molar-refractivity contribution in [3.63, 3.8) is 0 Å². The average molecular weight is 286 g/mol. The highest BCUT2D eigenvalue weighted by Gasteiger charge is 2.36. The Hall–Kier alpha value is -1.24. The number of carboxylic acid groups (broad SMARTS) is 1. The zero-order valence-electron chi connectivity index (χ0n) is 10.9. The minimum atomic E-state index is -0.849. The third-order valence-corrected chi connectivity index (χ3v) is 4.72. The molecule has 0 spiro atoms. The van der Waals surface area contributed by atoms with Crippen molar-refractivity contribution in [1.82, 2.24) is 9.80 Å². The van der Waals surface area contributed by atoms with Gasteiger partial charge in [0.05, 0.1) is 17.5 Å². The number of thioether (sulfide) groups is 1. The molecule has 0 aromatic heterocycles. The summed E-state index contributed by atoms with van der Waals surface area (Å²) in [5, 5.41) is 9.13. The lowest BCUT2D eigenvalue weighted by Crippen LogP contribution is -2.52. The van der Waals surface area contributed by atoms with Gasteiger partial charge >= 0.3 is 5.97 Å². The summed E-state index contributed by atoms with van der Waals surface area (Å²) in [5.74, 6) is -0.526. The van der Waals surface area contributed by atoms with Gasteiger partial charge in [0, 0.05) is 12.6 Å². The van der Waals surface area contributed by atoms with E-state index in [2.05, 4.69) is 0 Å². The summed E-state index contributed by atoms with van der Waals surface area (Å²) < 4.78 is 0.